The highest BCUT2D eigenvalue weighted by Crippen LogP contribution is 2.72. The van der Waals surface area contributed by atoms with E-state index < -0.39 is 11.7 Å². The van der Waals surface area contributed by atoms with Gasteiger partial charge in [-0.2, -0.15) is 5.10 Å². The van der Waals surface area contributed by atoms with E-state index in [1.165, 1.54) is 28.5 Å². The van der Waals surface area contributed by atoms with Crippen molar-refractivity contribution in [2.45, 2.75) is 97.8 Å². The Bertz CT molecular complexity index is 890. The van der Waals surface area contributed by atoms with Crippen molar-refractivity contribution >= 4 is 28.7 Å². The number of alkyl carbamates (subject to hydrolysis) is 1. The SMILES string of the molecule is Cc1c(I)cnn1CC12CC3(C)CC(C)(C1)CC(OCCOCCNC(=O)OC(C)(C)C)(C3)C2. The fourth-order valence-electron chi connectivity index (χ4n) is 8.01. The molecule has 1 amide bonds. The van der Waals surface area contributed by atoms with Crippen molar-refractivity contribution in [2.75, 3.05) is 26.4 Å². The number of carbonyl (C=O) groups excluding carboxylic acids is 1. The van der Waals surface area contributed by atoms with Crippen LogP contribution in [0.25, 0.3) is 0 Å². The van der Waals surface area contributed by atoms with E-state index in [1.54, 1.807) is 0 Å². The van der Waals surface area contributed by atoms with Crippen LogP contribution in [0.4, 0.5) is 4.79 Å². The zero-order chi connectivity index (χ0) is 24.8. The first-order valence-corrected chi connectivity index (χ1v) is 13.7. The lowest BCUT2D eigenvalue weighted by molar-refractivity contribution is -0.250. The Morgan fingerprint density at radius 1 is 1.09 bits per heavy atom. The van der Waals surface area contributed by atoms with Crippen molar-refractivity contribution in [1.29, 1.82) is 0 Å². The maximum atomic E-state index is 11.7. The van der Waals surface area contributed by atoms with Gasteiger partial charge in [0.1, 0.15) is 5.60 Å². The second-order valence-corrected chi connectivity index (χ2v) is 14.2. The zero-order valence-corrected chi connectivity index (χ0v) is 23.9. The Kier molecular flexibility index (Phi) is 7.10. The van der Waals surface area contributed by atoms with E-state index in [0.29, 0.717) is 37.2 Å². The Morgan fingerprint density at radius 3 is 2.35 bits per heavy atom. The molecule has 1 aromatic rings. The van der Waals surface area contributed by atoms with Crippen LogP contribution in [0.1, 0.15) is 78.8 Å². The van der Waals surface area contributed by atoms with E-state index in [0.717, 1.165) is 25.8 Å². The highest BCUT2D eigenvalue weighted by molar-refractivity contribution is 14.1. The topological polar surface area (TPSA) is 74.6 Å². The second-order valence-electron chi connectivity index (χ2n) is 13.0. The number of hydrogen-bond acceptors (Lipinski definition) is 5. The first-order valence-electron chi connectivity index (χ1n) is 12.6. The maximum Gasteiger partial charge on any atom is 0.407 e. The van der Waals surface area contributed by atoms with Gasteiger partial charge in [0.25, 0.3) is 0 Å². The lowest BCUT2D eigenvalue weighted by Gasteiger charge is -2.69. The Balaban J connectivity index is 1.31. The molecule has 2 atom stereocenters. The maximum absolute atomic E-state index is 11.7. The van der Waals surface area contributed by atoms with Gasteiger partial charge >= 0.3 is 6.09 Å². The molecule has 4 saturated carbocycles. The van der Waals surface area contributed by atoms with Crippen molar-refractivity contribution in [2.24, 2.45) is 16.2 Å². The van der Waals surface area contributed by atoms with Gasteiger partial charge < -0.3 is 19.5 Å². The monoisotopic (exact) mass is 587 g/mol. The van der Waals surface area contributed by atoms with Crippen LogP contribution in [0.15, 0.2) is 6.20 Å². The summed E-state index contributed by atoms with van der Waals surface area (Å²) in [6, 6.07) is 0. The minimum Gasteiger partial charge on any atom is -0.444 e. The molecular formula is C26H42IN3O4. The van der Waals surface area contributed by atoms with Gasteiger partial charge in [-0.05, 0) is 105 Å². The van der Waals surface area contributed by atoms with Crippen LogP contribution in [0.3, 0.4) is 0 Å². The third-order valence-corrected chi connectivity index (χ3v) is 8.79. The van der Waals surface area contributed by atoms with E-state index in [9.17, 15) is 4.79 Å². The average molecular weight is 588 g/mol. The van der Waals surface area contributed by atoms with Crippen LogP contribution >= 0.6 is 22.6 Å². The molecule has 0 radical (unpaired) electrons. The second kappa shape index (κ2) is 9.21. The fraction of sp³-hybridized carbons (Fsp3) is 0.846. The molecule has 1 N–H and O–H groups in total. The van der Waals surface area contributed by atoms with Gasteiger partial charge in [0.05, 0.1) is 35.2 Å². The summed E-state index contributed by atoms with van der Waals surface area (Å²) in [6.45, 7) is 15.7. The Labute approximate surface area is 218 Å². The number of nitrogens with one attached hydrogen (secondary N) is 1. The van der Waals surface area contributed by atoms with Crippen LogP contribution in [-0.2, 0) is 20.8 Å². The van der Waals surface area contributed by atoms with E-state index in [4.69, 9.17) is 19.3 Å². The molecular weight excluding hydrogens is 545 g/mol. The molecule has 0 aliphatic heterocycles. The minimum absolute atomic E-state index is 0.0649. The first kappa shape index (κ1) is 26.2. The van der Waals surface area contributed by atoms with Crippen LogP contribution in [0, 0.1) is 26.7 Å². The molecule has 7 nitrogen and oxygen atoms in total. The molecule has 5 rings (SSSR count). The number of nitrogens with zero attached hydrogens (tertiary/aromatic N) is 2. The summed E-state index contributed by atoms with van der Waals surface area (Å²) in [5.41, 5.74) is 1.62. The van der Waals surface area contributed by atoms with Crippen LogP contribution in [0.2, 0.25) is 0 Å². The van der Waals surface area contributed by atoms with Crippen molar-refractivity contribution in [3.63, 3.8) is 0 Å². The Hall–Kier alpha value is -0.870. The smallest absolute Gasteiger partial charge is 0.407 e. The Morgan fingerprint density at radius 2 is 1.76 bits per heavy atom. The predicted molar refractivity (Wildman–Crippen MR) is 140 cm³/mol. The number of ether oxygens (including phenoxy) is 3. The molecule has 2 unspecified atom stereocenters. The quantitative estimate of drug-likeness (QED) is 0.306. The number of rotatable bonds is 9. The molecule has 0 spiro atoms. The lowest BCUT2D eigenvalue weighted by atomic mass is 9.39. The molecule has 4 aliphatic rings. The zero-order valence-electron chi connectivity index (χ0n) is 21.8. The highest BCUT2D eigenvalue weighted by atomic mass is 127. The summed E-state index contributed by atoms with van der Waals surface area (Å²) in [6.07, 6.45) is 8.82. The van der Waals surface area contributed by atoms with Gasteiger partial charge in [-0.25, -0.2) is 4.79 Å². The number of amides is 1. The van der Waals surface area contributed by atoms with E-state index in [1.807, 2.05) is 27.0 Å². The van der Waals surface area contributed by atoms with Gasteiger partial charge in [-0.15, -0.1) is 0 Å². The fourth-order valence-corrected chi connectivity index (χ4v) is 8.41. The average Bonchev–Trinajstić information content (AvgIpc) is 2.94. The summed E-state index contributed by atoms with van der Waals surface area (Å²) >= 11 is 2.38. The number of halogens is 1. The van der Waals surface area contributed by atoms with Gasteiger partial charge in [0.15, 0.2) is 0 Å². The molecule has 0 saturated heterocycles. The molecule has 0 aromatic carbocycles. The van der Waals surface area contributed by atoms with Gasteiger partial charge in [-0.3, -0.25) is 4.68 Å². The molecule has 4 fully saturated rings. The molecule has 4 aliphatic carbocycles. The summed E-state index contributed by atoms with van der Waals surface area (Å²) < 4.78 is 21.2. The van der Waals surface area contributed by atoms with Crippen molar-refractivity contribution in [1.82, 2.24) is 15.1 Å². The van der Waals surface area contributed by atoms with E-state index >= 15 is 0 Å². The predicted octanol–water partition coefficient (Wildman–Crippen LogP) is 5.47. The normalized spacial score (nSPS) is 34.4. The van der Waals surface area contributed by atoms with Crippen LogP contribution < -0.4 is 5.32 Å². The summed E-state index contributed by atoms with van der Waals surface area (Å²) in [5.74, 6) is 0. The molecule has 192 valence electrons. The van der Waals surface area contributed by atoms with Crippen molar-refractivity contribution in [3.8, 4) is 0 Å². The first-order chi connectivity index (χ1) is 15.7. The number of aromatic nitrogens is 2. The van der Waals surface area contributed by atoms with Gasteiger partial charge in [0.2, 0.25) is 0 Å². The summed E-state index contributed by atoms with van der Waals surface area (Å²) in [4.78, 5) is 11.7. The molecule has 1 aromatic heterocycles. The largest absolute Gasteiger partial charge is 0.444 e. The van der Waals surface area contributed by atoms with E-state index in [2.05, 4.69) is 53.4 Å². The van der Waals surface area contributed by atoms with Crippen molar-refractivity contribution < 1.29 is 19.0 Å². The van der Waals surface area contributed by atoms with Gasteiger partial charge in [0, 0.05) is 18.8 Å². The standard InChI is InChI=1S/C26H42IN3O4/c1-19-20(27)11-29-30(19)18-25-13-23(5)12-24(6,14-25)16-26(15-23,17-25)33-10-9-32-8-7-28-21(31)34-22(2,3)4/h11H,7-10,12-18H2,1-6H3,(H,28,31). The highest BCUT2D eigenvalue weighted by Gasteiger charge is 2.66. The van der Waals surface area contributed by atoms with Crippen molar-refractivity contribution in [3.05, 3.63) is 15.5 Å². The van der Waals surface area contributed by atoms with Crippen LogP contribution in [0.5, 0.6) is 0 Å². The van der Waals surface area contributed by atoms with Gasteiger partial charge in [-0.1, -0.05) is 13.8 Å². The minimum atomic E-state index is -0.490. The molecule has 1 heterocycles. The third kappa shape index (κ3) is 5.91. The molecule has 34 heavy (non-hydrogen) atoms. The summed E-state index contributed by atoms with van der Waals surface area (Å²) in [5, 5.41) is 7.44. The number of hydrogen-bond donors (Lipinski definition) is 1. The van der Waals surface area contributed by atoms with E-state index in [-0.39, 0.29) is 11.0 Å². The number of carbonyl (C=O) groups is 1. The molecule has 4 bridgehead atoms. The third-order valence-electron chi connectivity index (χ3n) is 7.73. The lowest BCUT2D eigenvalue weighted by Crippen LogP contribution is -2.64. The summed E-state index contributed by atoms with van der Waals surface area (Å²) in [7, 11) is 0. The molecule has 8 heteroatoms. The van der Waals surface area contributed by atoms with Crippen LogP contribution in [-0.4, -0.2) is 53.4 Å².